The van der Waals surface area contributed by atoms with E-state index in [0.717, 1.165) is 12.2 Å². The minimum Gasteiger partial charge on any atom is -0.385 e. The molecule has 0 saturated heterocycles. The molecular formula is C9H11ClN2. The molecule has 1 aromatic carbocycles. The van der Waals surface area contributed by atoms with Crippen molar-refractivity contribution in [2.45, 2.75) is 6.92 Å². The van der Waals surface area contributed by atoms with Crippen molar-refractivity contribution in [2.24, 2.45) is 0 Å². The van der Waals surface area contributed by atoms with E-state index in [-0.39, 0.29) is 12.4 Å². The number of hydrogen-bond donors (Lipinski definition) is 1. The van der Waals surface area contributed by atoms with Crippen molar-refractivity contribution in [3.63, 3.8) is 0 Å². The molecule has 1 rings (SSSR count). The lowest BCUT2D eigenvalue weighted by atomic mass is 10.2. The van der Waals surface area contributed by atoms with Crippen LogP contribution in [0.4, 0.5) is 5.69 Å². The van der Waals surface area contributed by atoms with E-state index < -0.39 is 0 Å². The normalized spacial score (nSPS) is 8.00. The maximum Gasteiger partial charge on any atom is 0.0991 e. The van der Waals surface area contributed by atoms with Crippen LogP contribution in [0.2, 0.25) is 0 Å². The van der Waals surface area contributed by atoms with Gasteiger partial charge in [-0.25, -0.2) is 0 Å². The van der Waals surface area contributed by atoms with Crippen LogP contribution in [0.15, 0.2) is 24.3 Å². The van der Waals surface area contributed by atoms with Gasteiger partial charge in [0.05, 0.1) is 11.6 Å². The largest absolute Gasteiger partial charge is 0.385 e. The number of nitrogens with one attached hydrogen (secondary N) is 1. The van der Waals surface area contributed by atoms with Gasteiger partial charge in [-0.1, -0.05) is 0 Å². The molecule has 64 valence electrons. The first-order valence-corrected chi connectivity index (χ1v) is 3.61. The summed E-state index contributed by atoms with van der Waals surface area (Å²) in [4.78, 5) is 0. The Morgan fingerprint density at radius 1 is 1.33 bits per heavy atom. The Morgan fingerprint density at radius 3 is 2.33 bits per heavy atom. The van der Waals surface area contributed by atoms with Crippen molar-refractivity contribution in [1.82, 2.24) is 0 Å². The number of rotatable bonds is 2. The Balaban J connectivity index is 0.00000121. The first kappa shape index (κ1) is 10.8. The van der Waals surface area contributed by atoms with Crippen molar-refractivity contribution >= 4 is 18.1 Å². The van der Waals surface area contributed by atoms with Crippen molar-refractivity contribution in [1.29, 1.82) is 5.26 Å². The fourth-order valence-electron chi connectivity index (χ4n) is 0.867. The average molecular weight is 183 g/mol. The van der Waals surface area contributed by atoms with E-state index in [1.807, 2.05) is 19.1 Å². The average Bonchev–Trinajstić information content (AvgIpc) is 2.07. The number of nitrogens with zero attached hydrogens (tertiary/aromatic N) is 1. The van der Waals surface area contributed by atoms with Crippen molar-refractivity contribution in [3.8, 4) is 6.07 Å². The molecular weight excluding hydrogens is 172 g/mol. The molecule has 0 amide bonds. The fraction of sp³-hybridized carbons (Fsp3) is 0.222. The van der Waals surface area contributed by atoms with Crippen LogP contribution < -0.4 is 5.32 Å². The summed E-state index contributed by atoms with van der Waals surface area (Å²) in [7, 11) is 0. The summed E-state index contributed by atoms with van der Waals surface area (Å²) < 4.78 is 0. The van der Waals surface area contributed by atoms with Crippen LogP contribution in [0.5, 0.6) is 0 Å². The second-order valence-corrected chi connectivity index (χ2v) is 2.22. The molecule has 0 atom stereocenters. The second-order valence-electron chi connectivity index (χ2n) is 2.22. The van der Waals surface area contributed by atoms with Gasteiger partial charge in [-0.2, -0.15) is 5.26 Å². The van der Waals surface area contributed by atoms with E-state index in [0.29, 0.717) is 5.56 Å². The molecule has 0 radical (unpaired) electrons. The zero-order valence-electron chi connectivity index (χ0n) is 6.87. The summed E-state index contributed by atoms with van der Waals surface area (Å²) in [6.07, 6.45) is 0. The lowest BCUT2D eigenvalue weighted by Gasteiger charge is -2.00. The van der Waals surface area contributed by atoms with Gasteiger partial charge < -0.3 is 5.32 Å². The smallest absolute Gasteiger partial charge is 0.0991 e. The highest BCUT2D eigenvalue weighted by atomic mass is 35.5. The first-order chi connectivity index (χ1) is 5.36. The van der Waals surface area contributed by atoms with Crippen molar-refractivity contribution in [2.75, 3.05) is 11.9 Å². The maximum atomic E-state index is 8.49. The number of benzene rings is 1. The molecule has 1 N–H and O–H groups in total. The topological polar surface area (TPSA) is 35.8 Å². The van der Waals surface area contributed by atoms with Crippen LogP contribution in [0.3, 0.4) is 0 Å². The Kier molecular flexibility index (Phi) is 4.91. The van der Waals surface area contributed by atoms with Gasteiger partial charge in [0.1, 0.15) is 0 Å². The molecule has 3 heteroatoms. The minimum absolute atomic E-state index is 0. The van der Waals surface area contributed by atoms with Crippen LogP contribution in [-0.2, 0) is 0 Å². The van der Waals surface area contributed by atoms with Crippen molar-refractivity contribution < 1.29 is 0 Å². The van der Waals surface area contributed by atoms with E-state index in [1.54, 1.807) is 12.1 Å². The predicted molar refractivity (Wildman–Crippen MR) is 52.6 cm³/mol. The SMILES string of the molecule is CCNc1ccc(C#N)cc1.Cl. The predicted octanol–water partition coefficient (Wildman–Crippen LogP) is 2.41. The van der Waals surface area contributed by atoms with Gasteiger partial charge >= 0.3 is 0 Å². The Labute approximate surface area is 78.6 Å². The van der Waals surface area contributed by atoms with E-state index in [4.69, 9.17) is 5.26 Å². The molecule has 12 heavy (non-hydrogen) atoms. The lowest BCUT2D eigenvalue weighted by molar-refractivity contribution is 1.21. The molecule has 0 aliphatic carbocycles. The minimum atomic E-state index is 0. The van der Waals surface area contributed by atoms with Crippen LogP contribution in [0.1, 0.15) is 12.5 Å². The molecule has 0 bridgehead atoms. The zero-order chi connectivity index (χ0) is 8.10. The van der Waals surface area contributed by atoms with E-state index >= 15 is 0 Å². The van der Waals surface area contributed by atoms with Gasteiger partial charge in [0.2, 0.25) is 0 Å². The number of anilines is 1. The van der Waals surface area contributed by atoms with Gasteiger partial charge in [-0.15, -0.1) is 12.4 Å². The summed E-state index contributed by atoms with van der Waals surface area (Å²) in [5, 5.41) is 11.6. The molecule has 0 saturated carbocycles. The molecule has 0 heterocycles. The van der Waals surface area contributed by atoms with Gasteiger partial charge in [0.15, 0.2) is 0 Å². The fourth-order valence-corrected chi connectivity index (χ4v) is 0.867. The third kappa shape index (κ3) is 2.81. The summed E-state index contributed by atoms with van der Waals surface area (Å²) in [6, 6.07) is 9.49. The van der Waals surface area contributed by atoms with Crippen LogP contribution in [0, 0.1) is 11.3 Å². The first-order valence-electron chi connectivity index (χ1n) is 3.61. The van der Waals surface area contributed by atoms with E-state index in [1.165, 1.54) is 0 Å². The summed E-state index contributed by atoms with van der Waals surface area (Å²) >= 11 is 0. The molecule has 0 aromatic heterocycles. The molecule has 2 nitrogen and oxygen atoms in total. The number of nitriles is 1. The molecule has 0 spiro atoms. The highest BCUT2D eigenvalue weighted by Crippen LogP contribution is 2.07. The Morgan fingerprint density at radius 2 is 1.92 bits per heavy atom. The molecule has 0 aliphatic heterocycles. The zero-order valence-corrected chi connectivity index (χ0v) is 7.69. The number of hydrogen-bond acceptors (Lipinski definition) is 2. The van der Waals surface area contributed by atoms with Gasteiger partial charge in [0.25, 0.3) is 0 Å². The third-order valence-electron chi connectivity index (χ3n) is 1.39. The van der Waals surface area contributed by atoms with Crippen LogP contribution >= 0.6 is 12.4 Å². The quantitative estimate of drug-likeness (QED) is 0.763. The summed E-state index contributed by atoms with van der Waals surface area (Å²) in [6.45, 7) is 2.95. The Hall–Kier alpha value is -1.20. The maximum absolute atomic E-state index is 8.49. The third-order valence-corrected chi connectivity index (χ3v) is 1.39. The van der Waals surface area contributed by atoms with E-state index in [9.17, 15) is 0 Å². The van der Waals surface area contributed by atoms with Crippen LogP contribution in [0.25, 0.3) is 0 Å². The summed E-state index contributed by atoms with van der Waals surface area (Å²) in [5.74, 6) is 0. The van der Waals surface area contributed by atoms with Gasteiger partial charge in [-0.05, 0) is 31.2 Å². The lowest BCUT2D eigenvalue weighted by Crippen LogP contribution is -1.95. The highest BCUT2D eigenvalue weighted by molar-refractivity contribution is 5.85. The molecule has 1 aromatic rings. The Bertz CT molecular complexity index is 261. The van der Waals surface area contributed by atoms with E-state index in [2.05, 4.69) is 11.4 Å². The monoisotopic (exact) mass is 182 g/mol. The standard InChI is InChI=1S/C9H10N2.ClH/c1-2-11-9-5-3-8(7-10)4-6-9;/h3-6,11H,2H2,1H3;1H. The van der Waals surface area contributed by atoms with Crippen LogP contribution in [-0.4, -0.2) is 6.54 Å². The molecule has 0 fully saturated rings. The number of halogens is 1. The molecule has 0 unspecified atom stereocenters. The van der Waals surface area contributed by atoms with Gasteiger partial charge in [-0.3, -0.25) is 0 Å². The highest BCUT2D eigenvalue weighted by Gasteiger charge is 1.89. The van der Waals surface area contributed by atoms with Crippen molar-refractivity contribution in [3.05, 3.63) is 29.8 Å². The summed E-state index contributed by atoms with van der Waals surface area (Å²) in [5.41, 5.74) is 1.76. The molecule has 0 aliphatic rings. The second kappa shape index (κ2) is 5.45. The van der Waals surface area contributed by atoms with Gasteiger partial charge in [0, 0.05) is 12.2 Å².